The SMILES string of the molecule is Cc1nc(-c2cnc(NCC(C)(C)C)[nH]c2=O)ccc1Oc1ccnc(-c2cn[nH]c2)c1. The van der Waals surface area contributed by atoms with Crippen LogP contribution in [0.5, 0.6) is 11.5 Å². The first kappa shape index (κ1) is 21.2. The van der Waals surface area contributed by atoms with Gasteiger partial charge in [0.05, 0.1) is 28.8 Å². The number of rotatable bonds is 6. The van der Waals surface area contributed by atoms with Gasteiger partial charge in [0.15, 0.2) is 0 Å². The van der Waals surface area contributed by atoms with Gasteiger partial charge in [-0.05, 0) is 30.5 Å². The first-order valence-electron chi connectivity index (χ1n) is 10.2. The predicted octanol–water partition coefficient (Wildman–Crippen LogP) is 4.18. The fourth-order valence-corrected chi connectivity index (χ4v) is 2.97. The molecule has 4 rings (SSSR count). The molecule has 0 atom stereocenters. The molecule has 0 saturated heterocycles. The summed E-state index contributed by atoms with van der Waals surface area (Å²) in [6.07, 6.45) is 6.67. The second kappa shape index (κ2) is 8.62. The maximum absolute atomic E-state index is 12.6. The highest BCUT2D eigenvalue weighted by Gasteiger charge is 2.13. The highest BCUT2D eigenvalue weighted by molar-refractivity contribution is 5.60. The largest absolute Gasteiger partial charge is 0.455 e. The van der Waals surface area contributed by atoms with Crippen molar-refractivity contribution in [2.24, 2.45) is 5.41 Å². The third-order valence-corrected chi connectivity index (χ3v) is 4.65. The van der Waals surface area contributed by atoms with E-state index in [4.69, 9.17) is 4.74 Å². The molecule has 0 aliphatic rings. The fraction of sp³-hybridized carbons (Fsp3) is 0.261. The molecule has 4 aromatic heterocycles. The van der Waals surface area contributed by atoms with E-state index < -0.39 is 0 Å². The van der Waals surface area contributed by atoms with Crippen molar-refractivity contribution in [3.8, 4) is 34.0 Å². The molecule has 164 valence electrons. The number of aromatic nitrogens is 6. The molecular formula is C23H25N7O2. The van der Waals surface area contributed by atoms with E-state index in [1.165, 1.54) is 6.20 Å². The molecule has 9 heteroatoms. The average molecular weight is 432 g/mol. The molecule has 0 unspecified atom stereocenters. The summed E-state index contributed by atoms with van der Waals surface area (Å²) in [5, 5.41) is 9.87. The first-order valence-corrected chi connectivity index (χ1v) is 10.2. The van der Waals surface area contributed by atoms with E-state index in [1.54, 1.807) is 36.8 Å². The normalized spacial score (nSPS) is 11.4. The quantitative estimate of drug-likeness (QED) is 0.419. The molecular weight excluding hydrogens is 406 g/mol. The number of pyridine rings is 2. The van der Waals surface area contributed by atoms with Crippen LogP contribution >= 0.6 is 0 Å². The second-order valence-corrected chi connectivity index (χ2v) is 8.63. The number of H-pyrrole nitrogens is 2. The summed E-state index contributed by atoms with van der Waals surface area (Å²) in [5.41, 5.74) is 3.00. The molecule has 3 N–H and O–H groups in total. The molecule has 0 amide bonds. The summed E-state index contributed by atoms with van der Waals surface area (Å²) in [7, 11) is 0. The summed E-state index contributed by atoms with van der Waals surface area (Å²) in [6, 6.07) is 7.14. The molecule has 0 aromatic carbocycles. The Hall–Kier alpha value is -4.01. The number of aromatic amines is 2. The molecule has 0 spiro atoms. The Morgan fingerprint density at radius 3 is 2.62 bits per heavy atom. The van der Waals surface area contributed by atoms with E-state index in [1.807, 2.05) is 13.0 Å². The molecule has 32 heavy (non-hydrogen) atoms. The van der Waals surface area contributed by atoms with Gasteiger partial charge in [0.25, 0.3) is 5.56 Å². The zero-order valence-electron chi connectivity index (χ0n) is 18.4. The van der Waals surface area contributed by atoms with E-state index in [0.717, 1.165) is 11.3 Å². The monoisotopic (exact) mass is 431 g/mol. The summed E-state index contributed by atoms with van der Waals surface area (Å²) < 4.78 is 6.01. The Kier molecular flexibility index (Phi) is 5.72. The van der Waals surface area contributed by atoms with Crippen LogP contribution < -0.4 is 15.6 Å². The van der Waals surface area contributed by atoms with Crippen LogP contribution in [0.1, 0.15) is 26.5 Å². The van der Waals surface area contributed by atoms with Crippen LogP contribution in [0.15, 0.2) is 53.8 Å². The van der Waals surface area contributed by atoms with E-state index in [-0.39, 0.29) is 11.0 Å². The Bertz CT molecular complexity index is 1270. The van der Waals surface area contributed by atoms with Crippen LogP contribution in [0.3, 0.4) is 0 Å². The zero-order valence-corrected chi connectivity index (χ0v) is 18.4. The lowest BCUT2D eigenvalue weighted by Gasteiger charge is -2.18. The van der Waals surface area contributed by atoms with Crippen molar-refractivity contribution < 1.29 is 4.74 Å². The van der Waals surface area contributed by atoms with Crippen molar-refractivity contribution in [2.45, 2.75) is 27.7 Å². The molecule has 0 saturated carbocycles. The van der Waals surface area contributed by atoms with Gasteiger partial charge in [-0.2, -0.15) is 5.10 Å². The number of nitrogens with one attached hydrogen (secondary N) is 3. The van der Waals surface area contributed by atoms with Crippen LogP contribution in [0, 0.1) is 12.3 Å². The van der Waals surface area contributed by atoms with Gasteiger partial charge in [0.2, 0.25) is 5.95 Å². The van der Waals surface area contributed by atoms with Crippen molar-refractivity contribution in [1.82, 2.24) is 30.1 Å². The molecule has 0 aliphatic carbocycles. The first-order chi connectivity index (χ1) is 15.3. The van der Waals surface area contributed by atoms with Crippen molar-refractivity contribution in [3.05, 3.63) is 65.1 Å². The van der Waals surface area contributed by atoms with Crippen LogP contribution in [-0.4, -0.2) is 36.7 Å². The maximum atomic E-state index is 12.6. The van der Waals surface area contributed by atoms with Crippen LogP contribution in [-0.2, 0) is 0 Å². The predicted molar refractivity (Wildman–Crippen MR) is 123 cm³/mol. The number of aryl methyl sites for hydroxylation is 1. The van der Waals surface area contributed by atoms with Gasteiger partial charge in [-0.25, -0.2) is 9.97 Å². The third kappa shape index (κ3) is 5.00. The summed E-state index contributed by atoms with van der Waals surface area (Å²) in [6.45, 7) is 8.83. The van der Waals surface area contributed by atoms with E-state index in [0.29, 0.717) is 40.9 Å². The number of nitrogens with zero attached hydrogens (tertiary/aromatic N) is 4. The molecule has 0 radical (unpaired) electrons. The Labute approximate surface area is 185 Å². The highest BCUT2D eigenvalue weighted by Crippen LogP contribution is 2.28. The van der Waals surface area contributed by atoms with Gasteiger partial charge in [0, 0.05) is 36.8 Å². The smallest absolute Gasteiger partial charge is 0.261 e. The highest BCUT2D eigenvalue weighted by atomic mass is 16.5. The van der Waals surface area contributed by atoms with Crippen LogP contribution in [0.2, 0.25) is 0 Å². The van der Waals surface area contributed by atoms with Crippen LogP contribution in [0.4, 0.5) is 5.95 Å². The lowest BCUT2D eigenvalue weighted by atomic mass is 9.97. The van der Waals surface area contributed by atoms with E-state index in [2.05, 4.69) is 56.2 Å². The van der Waals surface area contributed by atoms with E-state index in [9.17, 15) is 4.79 Å². The minimum absolute atomic E-state index is 0.0693. The maximum Gasteiger partial charge on any atom is 0.261 e. The fourth-order valence-electron chi connectivity index (χ4n) is 2.97. The summed E-state index contributed by atoms with van der Waals surface area (Å²) in [5.74, 6) is 1.66. The average Bonchev–Trinajstić information content (AvgIpc) is 3.29. The van der Waals surface area contributed by atoms with Crippen molar-refractivity contribution in [1.29, 1.82) is 0 Å². The van der Waals surface area contributed by atoms with E-state index >= 15 is 0 Å². The third-order valence-electron chi connectivity index (χ3n) is 4.65. The minimum Gasteiger partial charge on any atom is -0.455 e. The van der Waals surface area contributed by atoms with Gasteiger partial charge in [-0.15, -0.1) is 0 Å². The van der Waals surface area contributed by atoms with Gasteiger partial charge in [0.1, 0.15) is 11.5 Å². The standard InChI is InChI=1S/C23H25N7O2/c1-14-20(32-16-7-8-24-19(9-16)15-10-27-28-11-15)6-5-18(29-14)17-12-25-22(30-21(17)31)26-13-23(2,3)4/h5-12H,13H2,1-4H3,(H,27,28)(H2,25,26,30,31). The molecule has 0 bridgehead atoms. The van der Waals surface area contributed by atoms with Gasteiger partial charge >= 0.3 is 0 Å². The van der Waals surface area contributed by atoms with Gasteiger partial charge in [-0.1, -0.05) is 20.8 Å². The topological polar surface area (TPSA) is 121 Å². The molecule has 4 heterocycles. The molecule has 0 fully saturated rings. The molecule has 4 aromatic rings. The number of anilines is 1. The van der Waals surface area contributed by atoms with Gasteiger partial charge < -0.3 is 10.1 Å². The Morgan fingerprint density at radius 2 is 1.94 bits per heavy atom. The van der Waals surface area contributed by atoms with Crippen molar-refractivity contribution >= 4 is 5.95 Å². The number of ether oxygens (including phenoxy) is 1. The number of hydrogen-bond donors (Lipinski definition) is 3. The zero-order chi connectivity index (χ0) is 22.7. The Morgan fingerprint density at radius 1 is 1.09 bits per heavy atom. The molecule has 0 aliphatic heterocycles. The molecule has 9 nitrogen and oxygen atoms in total. The second-order valence-electron chi connectivity index (χ2n) is 8.63. The summed E-state index contributed by atoms with van der Waals surface area (Å²) in [4.78, 5) is 28.6. The lowest BCUT2D eigenvalue weighted by molar-refractivity contribution is 0.441. The lowest BCUT2D eigenvalue weighted by Crippen LogP contribution is -2.22. The summed E-state index contributed by atoms with van der Waals surface area (Å²) >= 11 is 0. The van der Waals surface area contributed by atoms with Crippen molar-refractivity contribution in [2.75, 3.05) is 11.9 Å². The number of hydrogen-bond acceptors (Lipinski definition) is 7. The van der Waals surface area contributed by atoms with Crippen LogP contribution in [0.25, 0.3) is 22.5 Å². The minimum atomic E-state index is -0.254. The van der Waals surface area contributed by atoms with Gasteiger partial charge in [-0.3, -0.25) is 19.9 Å². The Balaban J connectivity index is 1.53. The van der Waals surface area contributed by atoms with Crippen molar-refractivity contribution in [3.63, 3.8) is 0 Å².